The van der Waals surface area contributed by atoms with Crippen molar-refractivity contribution in [2.24, 2.45) is 0 Å². The van der Waals surface area contributed by atoms with Gasteiger partial charge in [0.2, 0.25) is 0 Å². The van der Waals surface area contributed by atoms with Crippen molar-refractivity contribution in [2.75, 3.05) is 22.7 Å². The van der Waals surface area contributed by atoms with Gasteiger partial charge in [0, 0.05) is 17.1 Å². The quantitative estimate of drug-likeness (QED) is 0.578. The van der Waals surface area contributed by atoms with Gasteiger partial charge in [-0.05, 0) is 79.9 Å². The SMILES string of the molecule is COc1ccc(S(=O)(=O)N2CCCc3cc(NS(=O)(=O)c4ccc(C)s4)ccc32)cc1. The number of hydrogen-bond acceptors (Lipinski definition) is 6. The third kappa shape index (κ3) is 4.28. The van der Waals surface area contributed by atoms with E-state index in [0.29, 0.717) is 36.5 Å². The van der Waals surface area contributed by atoms with Crippen molar-refractivity contribution in [3.05, 3.63) is 65.0 Å². The van der Waals surface area contributed by atoms with Crippen LogP contribution in [0.4, 0.5) is 11.4 Å². The lowest BCUT2D eigenvalue weighted by Crippen LogP contribution is -2.35. The van der Waals surface area contributed by atoms with E-state index in [4.69, 9.17) is 4.74 Å². The Balaban J connectivity index is 1.64. The van der Waals surface area contributed by atoms with E-state index in [0.717, 1.165) is 10.4 Å². The van der Waals surface area contributed by atoms with Gasteiger partial charge in [-0.25, -0.2) is 16.8 Å². The summed E-state index contributed by atoms with van der Waals surface area (Å²) in [5, 5.41) is 0. The van der Waals surface area contributed by atoms with Crippen LogP contribution in [0.25, 0.3) is 0 Å². The molecule has 0 unspecified atom stereocenters. The van der Waals surface area contributed by atoms with Crippen LogP contribution in [0.3, 0.4) is 0 Å². The van der Waals surface area contributed by atoms with Crippen molar-refractivity contribution < 1.29 is 21.6 Å². The van der Waals surface area contributed by atoms with Crippen LogP contribution in [0.1, 0.15) is 16.9 Å². The highest BCUT2D eigenvalue weighted by molar-refractivity contribution is 7.94. The largest absolute Gasteiger partial charge is 0.497 e. The van der Waals surface area contributed by atoms with Gasteiger partial charge >= 0.3 is 0 Å². The van der Waals surface area contributed by atoms with Crippen LogP contribution in [0.15, 0.2) is 63.7 Å². The summed E-state index contributed by atoms with van der Waals surface area (Å²) in [6.45, 7) is 2.21. The maximum atomic E-state index is 13.2. The minimum atomic E-state index is -3.75. The third-order valence-corrected chi connectivity index (χ3v) is 9.74. The number of benzene rings is 2. The number of thiophene rings is 1. The van der Waals surface area contributed by atoms with E-state index in [-0.39, 0.29) is 9.10 Å². The molecule has 164 valence electrons. The summed E-state index contributed by atoms with van der Waals surface area (Å²) in [5.74, 6) is 0.579. The molecule has 0 saturated carbocycles. The molecular weight excluding hydrogens is 456 g/mol. The molecule has 0 radical (unpaired) electrons. The maximum absolute atomic E-state index is 13.2. The average molecular weight is 479 g/mol. The summed E-state index contributed by atoms with van der Waals surface area (Å²) < 4.78 is 61.0. The summed E-state index contributed by atoms with van der Waals surface area (Å²) in [6, 6.07) is 14.6. The summed E-state index contributed by atoms with van der Waals surface area (Å²) in [6.07, 6.45) is 1.31. The second-order valence-electron chi connectivity index (χ2n) is 7.17. The Labute approximate surface area is 186 Å². The van der Waals surface area contributed by atoms with E-state index in [1.165, 1.54) is 34.9 Å². The Kier molecular flexibility index (Phi) is 5.71. The second-order valence-corrected chi connectivity index (χ2v) is 12.2. The smallest absolute Gasteiger partial charge is 0.271 e. The molecule has 1 aromatic heterocycles. The number of sulfonamides is 2. The molecule has 1 N–H and O–H groups in total. The summed E-state index contributed by atoms with van der Waals surface area (Å²) in [7, 11) is -5.91. The van der Waals surface area contributed by atoms with E-state index >= 15 is 0 Å². The number of aryl methyl sites for hydroxylation is 2. The molecular formula is C21H22N2O5S3. The van der Waals surface area contributed by atoms with Crippen molar-refractivity contribution >= 4 is 42.8 Å². The summed E-state index contributed by atoms with van der Waals surface area (Å²) in [5.41, 5.74) is 1.76. The predicted octanol–water partition coefficient (Wildman–Crippen LogP) is 4.01. The van der Waals surface area contributed by atoms with Crippen LogP contribution in [0.5, 0.6) is 5.75 Å². The highest BCUT2D eigenvalue weighted by Gasteiger charge is 2.29. The fraction of sp³-hybridized carbons (Fsp3) is 0.238. The van der Waals surface area contributed by atoms with Gasteiger partial charge < -0.3 is 4.74 Å². The zero-order valence-electron chi connectivity index (χ0n) is 17.0. The Morgan fingerprint density at radius 1 is 1.00 bits per heavy atom. The topological polar surface area (TPSA) is 92.8 Å². The second kappa shape index (κ2) is 8.18. The number of fused-ring (bicyclic) bond motifs is 1. The average Bonchev–Trinajstić information content (AvgIpc) is 3.20. The molecule has 0 saturated heterocycles. The molecule has 10 heteroatoms. The lowest BCUT2D eigenvalue weighted by Gasteiger charge is -2.31. The predicted molar refractivity (Wildman–Crippen MR) is 122 cm³/mol. The van der Waals surface area contributed by atoms with Crippen LogP contribution in [0.2, 0.25) is 0 Å². The zero-order valence-corrected chi connectivity index (χ0v) is 19.5. The first-order valence-corrected chi connectivity index (χ1v) is 13.3. The molecule has 4 rings (SSSR count). The monoisotopic (exact) mass is 478 g/mol. The highest BCUT2D eigenvalue weighted by Crippen LogP contribution is 2.35. The molecule has 1 aliphatic heterocycles. The molecule has 3 aromatic rings. The molecule has 1 aliphatic rings. The Hall–Kier alpha value is -2.56. The Bertz CT molecular complexity index is 1310. The highest BCUT2D eigenvalue weighted by atomic mass is 32.2. The van der Waals surface area contributed by atoms with Crippen molar-refractivity contribution in [3.8, 4) is 5.75 Å². The third-order valence-electron chi connectivity index (χ3n) is 5.04. The number of rotatable bonds is 6. The molecule has 0 bridgehead atoms. The van der Waals surface area contributed by atoms with Gasteiger partial charge in [0.05, 0.1) is 17.7 Å². The Morgan fingerprint density at radius 2 is 1.74 bits per heavy atom. The van der Waals surface area contributed by atoms with Crippen LogP contribution >= 0.6 is 11.3 Å². The Morgan fingerprint density at radius 3 is 2.39 bits per heavy atom. The molecule has 0 atom stereocenters. The molecule has 0 aliphatic carbocycles. The van der Waals surface area contributed by atoms with Crippen molar-refractivity contribution in [2.45, 2.75) is 28.9 Å². The van der Waals surface area contributed by atoms with Gasteiger partial charge in [-0.3, -0.25) is 9.03 Å². The molecule has 0 spiro atoms. The van der Waals surface area contributed by atoms with Gasteiger partial charge in [0.15, 0.2) is 0 Å². The van der Waals surface area contributed by atoms with E-state index < -0.39 is 20.0 Å². The number of nitrogens with zero attached hydrogens (tertiary/aromatic N) is 1. The fourth-order valence-electron chi connectivity index (χ4n) is 3.51. The number of ether oxygens (including phenoxy) is 1. The molecule has 7 nitrogen and oxygen atoms in total. The minimum Gasteiger partial charge on any atom is -0.497 e. The normalized spacial score (nSPS) is 14.2. The van der Waals surface area contributed by atoms with Gasteiger partial charge in [-0.15, -0.1) is 11.3 Å². The van der Waals surface area contributed by atoms with Crippen LogP contribution < -0.4 is 13.8 Å². The van der Waals surface area contributed by atoms with Crippen LogP contribution in [0, 0.1) is 6.92 Å². The summed E-state index contributed by atoms with van der Waals surface area (Å²) in [4.78, 5) is 1.09. The zero-order chi connectivity index (χ0) is 22.2. The van der Waals surface area contributed by atoms with Crippen molar-refractivity contribution in [1.82, 2.24) is 0 Å². The van der Waals surface area contributed by atoms with E-state index in [9.17, 15) is 16.8 Å². The van der Waals surface area contributed by atoms with Gasteiger partial charge in [-0.2, -0.15) is 0 Å². The fourth-order valence-corrected chi connectivity index (χ4v) is 7.39. The van der Waals surface area contributed by atoms with Crippen molar-refractivity contribution in [1.29, 1.82) is 0 Å². The van der Waals surface area contributed by atoms with E-state index in [2.05, 4.69) is 4.72 Å². The summed E-state index contributed by atoms with van der Waals surface area (Å²) >= 11 is 1.20. The lowest BCUT2D eigenvalue weighted by molar-refractivity contribution is 0.414. The van der Waals surface area contributed by atoms with Crippen LogP contribution in [-0.2, 0) is 26.5 Å². The number of anilines is 2. The first kappa shape index (κ1) is 21.7. The van der Waals surface area contributed by atoms with E-state index in [1.807, 2.05) is 6.92 Å². The maximum Gasteiger partial charge on any atom is 0.271 e. The molecule has 0 fully saturated rings. The molecule has 2 aromatic carbocycles. The molecule has 0 amide bonds. The van der Waals surface area contributed by atoms with E-state index in [1.54, 1.807) is 42.5 Å². The van der Waals surface area contributed by atoms with Crippen LogP contribution in [-0.4, -0.2) is 30.5 Å². The number of methoxy groups -OCH3 is 1. The van der Waals surface area contributed by atoms with Gasteiger partial charge in [-0.1, -0.05) is 0 Å². The number of hydrogen-bond donors (Lipinski definition) is 1. The van der Waals surface area contributed by atoms with Gasteiger partial charge in [0.1, 0.15) is 9.96 Å². The molecule has 31 heavy (non-hydrogen) atoms. The lowest BCUT2D eigenvalue weighted by atomic mass is 10.0. The molecule has 2 heterocycles. The van der Waals surface area contributed by atoms with Gasteiger partial charge in [0.25, 0.3) is 20.0 Å². The van der Waals surface area contributed by atoms with Crippen molar-refractivity contribution in [3.63, 3.8) is 0 Å². The number of nitrogens with one attached hydrogen (secondary N) is 1. The first-order chi connectivity index (χ1) is 14.7. The first-order valence-electron chi connectivity index (χ1n) is 9.60. The standard InChI is InChI=1S/C21H22N2O5S3/c1-15-5-12-21(29-15)30(24,25)22-17-6-11-20-16(14-17)4-3-13-23(20)31(26,27)19-9-7-18(28-2)8-10-19/h5-12,14,22H,3-4,13H2,1-2H3. The minimum absolute atomic E-state index is 0.180.